The maximum absolute atomic E-state index is 12.3. The van der Waals surface area contributed by atoms with E-state index in [1.807, 2.05) is 6.07 Å². The Morgan fingerprint density at radius 1 is 1.22 bits per heavy atom. The third-order valence-electron chi connectivity index (χ3n) is 3.32. The van der Waals surface area contributed by atoms with Gasteiger partial charge < -0.3 is 15.8 Å². The molecular formula is C17H17ClN2O3. The van der Waals surface area contributed by atoms with Crippen molar-refractivity contribution in [1.29, 1.82) is 0 Å². The highest BCUT2D eigenvalue weighted by atomic mass is 35.5. The number of carbonyl (C=O) groups excluding carboxylic acids is 2. The van der Waals surface area contributed by atoms with Crippen LogP contribution in [0.3, 0.4) is 0 Å². The fourth-order valence-electron chi connectivity index (χ4n) is 2.23. The van der Waals surface area contributed by atoms with Crippen LogP contribution in [0, 0.1) is 0 Å². The molecule has 2 aromatic rings. The molecule has 5 nitrogen and oxygen atoms in total. The lowest BCUT2D eigenvalue weighted by molar-refractivity contribution is -0.127. The maximum atomic E-state index is 12.3. The lowest BCUT2D eigenvalue weighted by Crippen LogP contribution is -2.38. The molecule has 0 bridgehead atoms. The number of benzene rings is 2. The second kappa shape index (κ2) is 7.65. The van der Waals surface area contributed by atoms with Crippen LogP contribution in [0.25, 0.3) is 0 Å². The van der Waals surface area contributed by atoms with Crippen LogP contribution in [0.1, 0.15) is 17.2 Å². The molecule has 23 heavy (non-hydrogen) atoms. The fourth-order valence-corrected chi connectivity index (χ4v) is 2.43. The van der Waals surface area contributed by atoms with Gasteiger partial charge in [-0.25, -0.2) is 0 Å². The van der Waals surface area contributed by atoms with Crippen LogP contribution in [0.15, 0.2) is 48.5 Å². The minimum Gasteiger partial charge on any atom is -0.496 e. The van der Waals surface area contributed by atoms with Gasteiger partial charge in [0.05, 0.1) is 13.5 Å². The van der Waals surface area contributed by atoms with Gasteiger partial charge in [-0.05, 0) is 23.8 Å². The number of rotatable bonds is 6. The van der Waals surface area contributed by atoms with Crippen LogP contribution in [0.4, 0.5) is 0 Å². The standard InChI is InChI=1S/C17H17ClN2O3/c1-23-14-8-7-13(18)9-12(14)10-15(21)20-16(17(19)22)11-5-3-2-4-6-11/h2-9,16H,10H2,1H3,(H2,19,22)(H,20,21)/t16-/m1/s1. The second-order valence-corrected chi connectivity index (χ2v) is 5.38. The summed E-state index contributed by atoms with van der Waals surface area (Å²) in [6, 6.07) is 13.0. The second-order valence-electron chi connectivity index (χ2n) is 4.95. The van der Waals surface area contributed by atoms with Gasteiger partial charge in [0.15, 0.2) is 0 Å². The number of nitrogens with one attached hydrogen (secondary N) is 1. The summed E-state index contributed by atoms with van der Waals surface area (Å²) in [5.41, 5.74) is 6.66. The van der Waals surface area contributed by atoms with Gasteiger partial charge in [0, 0.05) is 10.6 Å². The Hall–Kier alpha value is -2.53. The Bertz CT molecular complexity index is 704. The smallest absolute Gasteiger partial charge is 0.244 e. The van der Waals surface area contributed by atoms with Crippen molar-refractivity contribution < 1.29 is 14.3 Å². The first-order valence-electron chi connectivity index (χ1n) is 6.97. The van der Waals surface area contributed by atoms with Gasteiger partial charge >= 0.3 is 0 Å². The predicted molar refractivity (Wildman–Crippen MR) is 88.2 cm³/mol. The highest BCUT2D eigenvalue weighted by Gasteiger charge is 2.20. The fraction of sp³-hybridized carbons (Fsp3) is 0.176. The lowest BCUT2D eigenvalue weighted by atomic mass is 10.1. The van der Waals surface area contributed by atoms with Crippen molar-refractivity contribution in [3.63, 3.8) is 0 Å². The summed E-state index contributed by atoms with van der Waals surface area (Å²) in [7, 11) is 1.51. The van der Waals surface area contributed by atoms with E-state index in [4.69, 9.17) is 22.1 Å². The Kier molecular flexibility index (Phi) is 5.60. The number of primary amides is 1. The molecule has 2 rings (SSSR count). The van der Waals surface area contributed by atoms with E-state index in [9.17, 15) is 9.59 Å². The predicted octanol–water partition coefficient (Wildman–Crippen LogP) is 2.23. The van der Waals surface area contributed by atoms with Crippen LogP contribution in [0.5, 0.6) is 5.75 Å². The van der Waals surface area contributed by atoms with E-state index in [1.54, 1.807) is 42.5 Å². The van der Waals surface area contributed by atoms with E-state index in [0.717, 1.165) is 0 Å². The van der Waals surface area contributed by atoms with E-state index in [2.05, 4.69) is 5.32 Å². The van der Waals surface area contributed by atoms with E-state index in [0.29, 0.717) is 21.9 Å². The van der Waals surface area contributed by atoms with Crippen molar-refractivity contribution in [1.82, 2.24) is 5.32 Å². The van der Waals surface area contributed by atoms with Gasteiger partial charge in [0.25, 0.3) is 0 Å². The molecule has 2 aromatic carbocycles. The summed E-state index contributed by atoms with van der Waals surface area (Å²) in [5, 5.41) is 3.14. The number of methoxy groups -OCH3 is 1. The third kappa shape index (κ3) is 4.47. The van der Waals surface area contributed by atoms with Crippen LogP contribution < -0.4 is 15.8 Å². The molecule has 0 radical (unpaired) electrons. The highest BCUT2D eigenvalue weighted by molar-refractivity contribution is 6.30. The average molecular weight is 333 g/mol. The van der Waals surface area contributed by atoms with Gasteiger partial charge in [-0.2, -0.15) is 0 Å². The van der Waals surface area contributed by atoms with Crippen molar-refractivity contribution in [2.24, 2.45) is 5.73 Å². The molecule has 0 saturated heterocycles. The zero-order valence-electron chi connectivity index (χ0n) is 12.6. The van der Waals surface area contributed by atoms with Crippen LogP contribution in [0.2, 0.25) is 5.02 Å². The molecule has 0 unspecified atom stereocenters. The molecule has 0 saturated carbocycles. The van der Waals surface area contributed by atoms with Crippen LogP contribution in [-0.4, -0.2) is 18.9 Å². The normalized spacial score (nSPS) is 11.6. The molecule has 0 aliphatic carbocycles. The van der Waals surface area contributed by atoms with Crippen molar-refractivity contribution in [3.8, 4) is 5.75 Å². The molecule has 120 valence electrons. The quantitative estimate of drug-likeness (QED) is 0.851. The average Bonchev–Trinajstić information content (AvgIpc) is 2.53. The number of hydrogen-bond acceptors (Lipinski definition) is 3. The van der Waals surface area contributed by atoms with Gasteiger partial charge in [-0.15, -0.1) is 0 Å². The van der Waals surface area contributed by atoms with Crippen molar-refractivity contribution in [3.05, 3.63) is 64.7 Å². The molecule has 0 aliphatic rings. The van der Waals surface area contributed by atoms with Crippen molar-refractivity contribution in [2.75, 3.05) is 7.11 Å². The number of nitrogens with two attached hydrogens (primary N) is 1. The zero-order chi connectivity index (χ0) is 16.8. The van der Waals surface area contributed by atoms with Gasteiger partial charge in [0.1, 0.15) is 11.8 Å². The molecule has 6 heteroatoms. The van der Waals surface area contributed by atoms with Crippen molar-refractivity contribution >= 4 is 23.4 Å². The van der Waals surface area contributed by atoms with Gasteiger partial charge in [0.2, 0.25) is 11.8 Å². The first-order valence-corrected chi connectivity index (χ1v) is 7.35. The SMILES string of the molecule is COc1ccc(Cl)cc1CC(=O)N[C@@H](C(N)=O)c1ccccc1. The summed E-state index contributed by atoms with van der Waals surface area (Å²) in [6.45, 7) is 0. The number of halogens is 1. The monoisotopic (exact) mass is 332 g/mol. The minimum atomic E-state index is -0.881. The number of amides is 2. The Labute approximate surface area is 139 Å². The highest BCUT2D eigenvalue weighted by Crippen LogP contribution is 2.23. The first-order chi connectivity index (χ1) is 11.0. The van der Waals surface area contributed by atoms with Gasteiger partial charge in [-0.1, -0.05) is 41.9 Å². The number of ether oxygens (including phenoxy) is 1. The molecular weight excluding hydrogens is 316 g/mol. The topological polar surface area (TPSA) is 81.4 Å². The molecule has 1 atom stereocenters. The van der Waals surface area contributed by atoms with Gasteiger partial charge in [-0.3, -0.25) is 9.59 Å². The van der Waals surface area contributed by atoms with Crippen LogP contribution >= 0.6 is 11.6 Å². The van der Waals surface area contributed by atoms with Crippen LogP contribution in [-0.2, 0) is 16.0 Å². The summed E-state index contributed by atoms with van der Waals surface area (Å²) in [4.78, 5) is 23.9. The summed E-state index contributed by atoms with van der Waals surface area (Å²) >= 11 is 5.95. The van der Waals surface area contributed by atoms with E-state index in [-0.39, 0.29) is 12.3 Å². The molecule has 0 fully saturated rings. The molecule has 3 N–H and O–H groups in total. The number of hydrogen-bond donors (Lipinski definition) is 2. The largest absolute Gasteiger partial charge is 0.496 e. The Balaban J connectivity index is 2.14. The molecule has 2 amide bonds. The van der Waals surface area contributed by atoms with E-state index in [1.165, 1.54) is 7.11 Å². The Morgan fingerprint density at radius 3 is 2.52 bits per heavy atom. The number of carbonyl (C=O) groups is 2. The summed E-state index contributed by atoms with van der Waals surface area (Å²) in [6.07, 6.45) is 0.0281. The maximum Gasteiger partial charge on any atom is 0.244 e. The molecule has 0 aromatic heterocycles. The third-order valence-corrected chi connectivity index (χ3v) is 3.55. The first kappa shape index (κ1) is 16.8. The lowest BCUT2D eigenvalue weighted by Gasteiger charge is -2.16. The summed E-state index contributed by atoms with van der Waals surface area (Å²) in [5.74, 6) is -0.416. The van der Waals surface area contributed by atoms with Crippen molar-refractivity contribution in [2.45, 2.75) is 12.5 Å². The zero-order valence-corrected chi connectivity index (χ0v) is 13.3. The molecule has 0 heterocycles. The van der Waals surface area contributed by atoms with E-state index >= 15 is 0 Å². The van der Waals surface area contributed by atoms with E-state index < -0.39 is 11.9 Å². The summed E-state index contributed by atoms with van der Waals surface area (Å²) < 4.78 is 5.21. The Morgan fingerprint density at radius 2 is 1.91 bits per heavy atom. The molecule has 0 spiro atoms. The molecule has 0 aliphatic heterocycles. The minimum absolute atomic E-state index is 0.0281.